The third-order valence-electron chi connectivity index (χ3n) is 2.92. The van der Waals surface area contributed by atoms with Gasteiger partial charge in [0.2, 0.25) is 0 Å². The third-order valence-corrected chi connectivity index (χ3v) is 2.92. The Labute approximate surface area is 108 Å². The number of hydrogen-bond donors (Lipinski definition) is 1. The van der Waals surface area contributed by atoms with E-state index in [2.05, 4.69) is 36.3 Å². The first-order valence-electron chi connectivity index (χ1n) is 6.07. The van der Waals surface area contributed by atoms with E-state index in [-0.39, 0.29) is 0 Å². The second kappa shape index (κ2) is 6.01. The summed E-state index contributed by atoms with van der Waals surface area (Å²) >= 11 is 0. The SMILES string of the molecule is Cc1ccc(C/C(Cc2ccccc2)=N/O)cc1. The molecule has 0 amide bonds. The average Bonchev–Trinajstić information content (AvgIpc) is 2.41. The van der Waals surface area contributed by atoms with Gasteiger partial charge < -0.3 is 5.21 Å². The van der Waals surface area contributed by atoms with Crippen LogP contribution in [0.3, 0.4) is 0 Å². The lowest BCUT2D eigenvalue weighted by atomic mass is 10.0. The number of hydrogen-bond acceptors (Lipinski definition) is 2. The Balaban J connectivity index is 2.04. The van der Waals surface area contributed by atoms with Gasteiger partial charge in [-0.3, -0.25) is 0 Å². The van der Waals surface area contributed by atoms with E-state index in [1.165, 1.54) is 11.1 Å². The Bertz CT molecular complexity index is 515. The molecule has 2 heteroatoms. The van der Waals surface area contributed by atoms with Gasteiger partial charge in [-0.15, -0.1) is 0 Å². The predicted octanol–water partition coefficient (Wildman–Crippen LogP) is 3.61. The van der Waals surface area contributed by atoms with Crippen molar-refractivity contribution in [3.05, 3.63) is 71.3 Å². The molecular weight excluding hydrogens is 222 g/mol. The third kappa shape index (κ3) is 3.45. The van der Waals surface area contributed by atoms with Crippen LogP contribution in [-0.4, -0.2) is 10.9 Å². The van der Waals surface area contributed by atoms with E-state index in [1.807, 2.05) is 30.3 Å². The van der Waals surface area contributed by atoms with Crippen molar-refractivity contribution in [3.8, 4) is 0 Å². The molecule has 18 heavy (non-hydrogen) atoms. The molecule has 0 bridgehead atoms. The maximum Gasteiger partial charge on any atom is 0.0658 e. The molecule has 1 N–H and O–H groups in total. The van der Waals surface area contributed by atoms with Crippen LogP contribution in [0.1, 0.15) is 16.7 Å². The second-order valence-electron chi connectivity index (χ2n) is 4.49. The highest BCUT2D eigenvalue weighted by molar-refractivity contribution is 5.88. The molecule has 2 aromatic rings. The van der Waals surface area contributed by atoms with Crippen LogP contribution in [0, 0.1) is 6.92 Å². The molecule has 0 aromatic heterocycles. The number of nitrogens with zero attached hydrogens (tertiary/aromatic N) is 1. The van der Waals surface area contributed by atoms with Gasteiger partial charge in [0.1, 0.15) is 0 Å². The summed E-state index contributed by atoms with van der Waals surface area (Å²) in [4.78, 5) is 0. The minimum Gasteiger partial charge on any atom is -0.411 e. The number of rotatable bonds is 4. The van der Waals surface area contributed by atoms with E-state index >= 15 is 0 Å². The fraction of sp³-hybridized carbons (Fsp3) is 0.188. The van der Waals surface area contributed by atoms with E-state index in [0.717, 1.165) is 11.3 Å². The van der Waals surface area contributed by atoms with Crippen molar-refractivity contribution in [2.45, 2.75) is 19.8 Å². The summed E-state index contributed by atoms with van der Waals surface area (Å²) < 4.78 is 0. The molecule has 0 spiro atoms. The minimum absolute atomic E-state index is 0.686. The minimum atomic E-state index is 0.686. The first-order valence-corrected chi connectivity index (χ1v) is 6.07. The first kappa shape index (κ1) is 12.4. The fourth-order valence-electron chi connectivity index (χ4n) is 1.91. The summed E-state index contributed by atoms with van der Waals surface area (Å²) in [6, 6.07) is 18.4. The molecule has 0 aliphatic heterocycles. The monoisotopic (exact) mass is 239 g/mol. The van der Waals surface area contributed by atoms with Crippen molar-refractivity contribution >= 4 is 5.71 Å². The molecule has 92 valence electrons. The molecule has 0 aliphatic carbocycles. The highest BCUT2D eigenvalue weighted by atomic mass is 16.4. The van der Waals surface area contributed by atoms with Crippen molar-refractivity contribution in [1.82, 2.24) is 0 Å². The lowest BCUT2D eigenvalue weighted by Gasteiger charge is -2.05. The zero-order valence-electron chi connectivity index (χ0n) is 10.5. The van der Waals surface area contributed by atoms with Crippen LogP contribution in [0.5, 0.6) is 0 Å². The Kier molecular flexibility index (Phi) is 4.13. The predicted molar refractivity (Wildman–Crippen MR) is 74.3 cm³/mol. The highest BCUT2D eigenvalue weighted by Crippen LogP contribution is 2.08. The molecule has 0 unspecified atom stereocenters. The zero-order valence-corrected chi connectivity index (χ0v) is 10.5. The molecule has 0 saturated heterocycles. The van der Waals surface area contributed by atoms with Crippen molar-refractivity contribution in [1.29, 1.82) is 0 Å². The van der Waals surface area contributed by atoms with Gasteiger partial charge in [-0.2, -0.15) is 0 Å². The van der Waals surface area contributed by atoms with Crippen LogP contribution in [0.2, 0.25) is 0 Å². The average molecular weight is 239 g/mol. The second-order valence-corrected chi connectivity index (χ2v) is 4.49. The Morgan fingerprint density at radius 1 is 0.889 bits per heavy atom. The standard InChI is InChI=1S/C16H17NO/c1-13-7-9-15(10-8-13)12-16(17-18)11-14-5-3-2-4-6-14/h2-10,18H,11-12H2,1H3/b17-16+. The molecule has 0 aliphatic rings. The topological polar surface area (TPSA) is 32.6 Å². The van der Waals surface area contributed by atoms with Crippen LogP contribution in [-0.2, 0) is 12.8 Å². The molecule has 0 radical (unpaired) electrons. The maximum absolute atomic E-state index is 9.09. The Morgan fingerprint density at radius 3 is 2.00 bits per heavy atom. The maximum atomic E-state index is 9.09. The van der Waals surface area contributed by atoms with Crippen molar-refractivity contribution in [2.75, 3.05) is 0 Å². The molecule has 0 saturated carbocycles. The van der Waals surface area contributed by atoms with Gasteiger partial charge in [-0.25, -0.2) is 0 Å². The van der Waals surface area contributed by atoms with Crippen molar-refractivity contribution < 1.29 is 5.21 Å². The highest BCUT2D eigenvalue weighted by Gasteiger charge is 2.04. The van der Waals surface area contributed by atoms with Gasteiger partial charge >= 0.3 is 0 Å². The molecule has 0 fully saturated rings. The smallest absolute Gasteiger partial charge is 0.0658 e. The van der Waals surface area contributed by atoms with Crippen molar-refractivity contribution in [2.24, 2.45) is 5.16 Å². The Hall–Kier alpha value is -2.09. The van der Waals surface area contributed by atoms with Crippen LogP contribution >= 0.6 is 0 Å². The fourth-order valence-corrected chi connectivity index (χ4v) is 1.91. The van der Waals surface area contributed by atoms with Crippen LogP contribution in [0.25, 0.3) is 0 Å². The summed E-state index contributed by atoms with van der Waals surface area (Å²) in [7, 11) is 0. The van der Waals surface area contributed by atoms with Crippen LogP contribution in [0.4, 0.5) is 0 Å². The van der Waals surface area contributed by atoms with Gasteiger partial charge in [-0.1, -0.05) is 65.3 Å². The van der Waals surface area contributed by atoms with Gasteiger partial charge in [0.15, 0.2) is 0 Å². The van der Waals surface area contributed by atoms with Gasteiger partial charge in [0.05, 0.1) is 5.71 Å². The van der Waals surface area contributed by atoms with E-state index in [1.54, 1.807) is 0 Å². The van der Waals surface area contributed by atoms with E-state index in [0.29, 0.717) is 12.8 Å². The summed E-state index contributed by atoms with van der Waals surface area (Å²) in [6.07, 6.45) is 1.37. The summed E-state index contributed by atoms with van der Waals surface area (Å²) in [5, 5.41) is 12.5. The molecule has 0 heterocycles. The molecule has 2 aromatic carbocycles. The molecule has 2 nitrogen and oxygen atoms in total. The van der Waals surface area contributed by atoms with Gasteiger partial charge in [0.25, 0.3) is 0 Å². The number of oxime groups is 1. The number of aryl methyl sites for hydroxylation is 1. The van der Waals surface area contributed by atoms with Crippen molar-refractivity contribution in [3.63, 3.8) is 0 Å². The largest absolute Gasteiger partial charge is 0.411 e. The first-order chi connectivity index (χ1) is 8.78. The zero-order chi connectivity index (χ0) is 12.8. The van der Waals surface area contributed by atoms with Crippen LogP contribution in [0.15, 0.2) is 59.8 Å². The lowest BCUT2D eigenvalue weighted by molar-refractivity contribution is 0.317. The van der Waals surface area contributed by atoms with Gasteiger partial charge in [-0.05, 0) is 18.1 Å². The van der Waals surface area contributed by atoms with Gasteiger partial charge in [0, 0.05) is 12.8 Å². The normalized spacial score (nSPS) is 11.5. The summed E-state index contributed by atoms with van der Waals surface area (Å²) in [5.41, 5.74) is 4.36. The van der Waals surface area contributed by atoms with Crippen LogP contribution < -0.4 is 0 Å². The Morgan fingerprint density at radius 2 is 1.44 bits per heavy atom. The number of benzene rings is 2. The molecular formula is C16H17NO. The van der Waals surface area contributed by atoms with E-state index < -0.39 is 0 Å². The molecule has 0 atom stereocenters. The summed E-state index contributed by atoms with van der Waals surface area (Å²) in [6.45, 7) is 2.06. The summed E-state index contributed by atoms with van der Waals surface area (Å²) in [5.74, 6) is 0. The van der Waals surface area contributed by atoms with E-state index in [4.69, 9.17) is 5.21 Å². The van der Waals surface area contributed by atoms with E-state index in [9.17, 15) is 0 Å². The quantitative estimate of drug-likeness (QED) is 0.493. The lowest BCUT2D eigenvalue weighted by Crippen LogP contribution is -2.07. The molecule has 2 rings (SSSR count).